The molecule has 160 valence electrons. The molecule has 1 unspecified atom stereocenters. The lowest BCUT2D eigenvalue weighted by Gasteiger charge is -2.36. The van der Waals surface area contributed by atoms with Gasteiger partial charge in [0.1, 0.15) is 0 Å². The zero-order valence-electron chi connectivity index (χ0n) is 17.1. The molecule has 9 heteroatoms. The average molecular weight is 422 g/mol. The highest BCUT2D eigenvalue weighted by molar-refractivity contribution is 5.81. The van der Waals surface area contributed by atoms with Gasteiger partial charge in [0.2, 0.25) is 0 Å². The van der Waals surface area contributed by atoms with Crippen LogP contribution in [0.25, 0.3) is 0 Å². The number of hydrogen-bond donors (Lipinski definition) is 1. The number of benzene rings is 1. The van der Waals surface area contributed by atoms with Crippen LogP contribution in [0.1, 0.15) is 6.92 Å². The van der Waals surface area contributed by atoms with Crippen molar-refractivity contribution in [2.45, 2.75) is 13.0 Å². The molecular formula is C22H23FN6O2. The smallest absolute Gasteiger partial charge is 0.263 e. The number of hydrogen-bond acceptors (Lipinski definition) is 7. The number of nitrogens with one attached hydrogen (secondary N) is 1. The molecule has 1 aliphatic heterocycles. The number of pyridine rings is 1. The van der Waals surface area contributed by atoms with E-state index in [9.17, 15) is 9.18 Å². The molecular weight excluding hydrogens is 399 g/mol. The lowest BCUT2D eigenvalue weighted by atomic mass is 10.2. The Morgan fingerprint density at radius 2 is 1.77 bits per heavy atom. The maximum Gasteiger partial charge on any atom is 0.263 e. The molecule has 1 aromatic carbocycles. The molecule has 8 nitrogen and oxygen atoms in total. The van der Waals surface area contributed by atoms with Crippen molar-refractivity contribution in [3.05, 3.63) is 66.7 Å². The number of ether oxygens (including phenoxy) is 1. The Morgan fingerprint density at radius 3 is 2.45 bits per heavy atom. The second-order valence-electron chi connectivity index (χ2n) is 7.14. The molecule has 0 bridgehead atoms. The van der Waals surface area contributed by atoms with Gasteiger partial charge in [-0.1, -0.05) is 12.1 Å². The van der Waals surface area contributed by atoms with Crippen LogP contribution < -0.4 is 15.0 Å². The van der Waals surface area contributed by atoms with Crippen LogP contribution in [0.4, 0.5) is 21.7 Å². The van der Waals surface area contributed by atoms with Crippen molar-refractivity contribution in [2.24, 2.45) is 0 Å². The summed E-state index contributed by atoms with van der Waals surface area (Å²) in [4.78, 5) is 20.5. The number of halogens is 1. The van der Waals surface area contributed by atoms with Gasteiger partial charge in [-0.2, -0.15) is 0 Å². The number of nitrogens with zero attached hydrogens (tertiary/aromatic N) is 5. The average Bonchev–Trinajstić information content (AvgIpc) is 2.81. The van der Waals surface area contributed by atoms with E-state index in [1.807, 2.05) is 24.3 Å². The van der Waals surface area contributed by atoms with Crippen LogP contribution in [-0.4, -0.2) is 58.3 Å². The van der Waals surface area contributed by atoms with Crippen LogP contribution in [-0.2, 0) is 4.79 Å². The Balaban J connectivity index is 1.30. The van der Waals surface area contributed by atoms with Gasteiger partial charge in [-0.25, -0.2) is 4.39 Å². The summed E-state index contributed by atoms with van der Waals surface area (Å²) in [5, 5.41) is 11.7. The van der Waals surface area contributed by atoms with Crippen LogP contribution in [0.5, 0.6) is 5.75 Å². The summed E-state index contributed by atoms with van der Waals surface area (Å²) in [6.07, 6.45) is 2.64. The molecule has 1 saturated heterocycles. The predicted octanol–water partition coefficient (Wildman–Crippen LogP) is 2.87. The molecule has 0 spiro atoms. The van der Waals surface area contributed by atoms with Crippen LogP contribution in [0.2, 0.25) is 0 Å². The Hall–Kier alpha value is -3.75. The Morgan fingerprint density at radius 1 is 1.03 bits per heavy atom. The van der Waals surface area contributed by atoms with Crippen molar-refractivity contribution in [2.75, 3.05) is 36.4 Å². The van der Waals surface area contributed by atoms with E-state index < -0.39 is 11.9 Å². The van der Waals surface area contributed by atoms with Gasteiger partial charge in [0.15, 0.2) is 29.3 Å². The third kappa shape index (κ3) is 5.06. The van der Waals surface area contributed by atoms with Gasteiger partial charge in [0, 0.05) is 44.3 Å². The van der Waals surface area contributed by atoms with Crippen molar-refractivity contribution in [1.29, 1.82) is 0 Å². The molecule has 2 aromatic heterocycles. The second-order valence-corrected chi connectivity index (χ2v) is 7.14. The minimum atomic E-state index is -0.762. The Labute approximate surface area is 179 Å². The normalized spacial score (nSPS) is 14.8. The number of aromatic nitrogens is 3. The number of para-hydroxylation sites is 1. The van der Waals surface area contributed by atoms with Gasteiger partial charge in [0.05, 0.1) is 0 Å². The Bertz CT molecular complexity index is 1010. The summed E-state index contributed by atoms with van der Waals surface area (Å²) in [7, 11) is 0. The third-order valence-corrected chi connectivity index (χ3v) is 5.01. The third-order valence-electron chi connectivity index (χ3n) is 5.01. The van der Waals surface area contributed by atoms with Gasteiger partial charge in [-0.3, -0.25) is 9.78 Å². The molecule has 0 radical (unpaired) electrons. The molecule has 31 heavy (non-hydrogen) atoms. The number of amides is 1. The van der Waals surface area contributed by atoms with Gasteiger partial charge in [-0.15, -0.1) is 10.2 Å². The molecule has 1 aliphatic rings. The van der Waals surface area contributed by atoms with Crippen LogP contribution >= 0.6 is 0 Å². The number of anilines is 3. The fourth-order valence-corrected chi connectivity index (χ4v) is 3.34. The lowest BCUT2D eigenvalue weighted by Crippen LogP contribution is -2.52. The number of piperazine rings is 1. The second kappa shape index (κ2) is 9.38. The van der Waals surface area contributed by atoms with Crippen molar-refractivity contribution in [3.63, 3.8) is 0 Å². The summed E-state index contributed by atoms with van der Waals surface area (Å²) in [6, 6.07) is 13.5. The molecule has 3 aromatic rings. The minimum Gasteiger partial charge on any atom is -0.478 e. The van der Waals surface area contributed by atoms with Gasteiger partial charge >= 0.3 is 0 Å². The first-order valence-corrected chi connectivity index (χ1v) is 10.1. The highest BCUT2D eigenvalue weighted by Crippen LogP contribution is 2.20. The highest BCUT2D eigenvalue weighted by atomic mass is 19.1. The molecule has 1 fully saturated rings. The first-order valence-electron chi connectivity index (χ1n) is 10.1. The maximum atomic E-state index is 13.8. The van der Waals surface area contributed by atoms with Gasteiger partial charge in [-0.05, 0) is 43.3 Å². The van der Waals surface area contributed by atoms with Gasteiger partial charge < -0.3 is 19.9 Å². The fourth-order valence-electron chi connectivity index (χ4n) is 3.34. The summed E-state index contributed by atoms with van der Waals surface area (Å²) in [6.45, 7) is 3.96. The van der Waals surface area contributed by atoms with E-state index >= 15 is 0 Å². The fraction of sp³-hybridized carbons (Fsp3) is 0.273. The molecule has 1 atom stereocenters. The van der Waals surface area contributed by atoms with Crippen molar-refractivity contribution in [1.82, 2.24) is 20.1 Å². The highest BCUT2D eigenvalue weighted by Gasteiger charge is 2.27. The minimum absolute atomic E-state index is 0.0812. The van der Waals surface area contributed by atoms with E-state index in [0.717, 1.165) is 11.5 Å². The standard InChI is InChI=1S/C22H23FN6O2/c1-16(31-19-5-3-2-4-18(19)23)22(30)29-14-12-28(13-15-29)21-7-6-20(26-27-21)25-17-8-10-24-11-9-17/h2-11,16H,12-15H2,1H3,(H,24,25,26). The monoisotopic (exact) mass is 422 g/mol. The van der Waals surface area contributed by atoms with E-state index in [-0.39, 0.29) is 11.7 Å². The summed E-state index contributed by atoms with van der Waals surface area (Å²) >= 11 is 0. The van der Waals surface area contributed by atoms with Crippen LogP contribution in [0, 0.1) is 5.82 Å². The van der Waals surface area contributed by atoms with Crippen LogP contribution in [0.15, 0.2) is 60.9 Å². The summed E-state index contributed by atoms with van der Waals surface area (Å²) < 4.78 is 19.3. The maximum absolute atomic E-state index is 13.8. The zero-order valence-corrected chi connectivity index (χ0v) is 17.1. The van der Waals surface area contributed by atoms with Crippen molar-refractivity contribution in [3.8, 4) is 5.75 Å². The van der Waals surface area contributed by atoms with Crippen molar-refractivity contribution >= 4 is 23.2 Å². The number of carbonyl (C=O) groups is 1. The number of carbonyl (C=O) groups excluding carboxylic acids is 1. The van der Waals surface area contributed by atoms with E-state index in [2.05, 4.69) is 25.4 Å². The van der Waals surface area contributed by atoms with E-state index in [4.69, 9.17) is 4.74 Å². The van der Waals surface area contributed by atoms with E-state index in [0.29, 0.717) is 32.0 Å². The van der Waals surface area contributed by atoms with E-state index in [1.54, 1.807) is 36.4 Å². The first kappa shape index (κ1) is 20.5. The molecule has 3 heterocycles. The lowest BCUT2D eigenvalue weighted by molar-refractivity contribution is -0.138. The zero-order chi connectivity index (χ0) is 21.6. The summed E-state index contributed by atoms with van der Waals surface area (Å²) in [5.41, 5.74) is 0.885. The van der Waals surface area contributed by atoms with Gasteiger partial charge in [0.25, 0.3) is 5.91 Å². The molecule has 0 saturated carbocycles. The topological polar surface area (TPSA) is 83.5 Å². The molecule has 0 aliphatic carbocycles. The largest absolute Gasteiger partial charge is 0.478 e. The molecule has 1 N–H and O–H groups in total. The summed E-state index contributed by atoms with van der Waals surface area (Å²) in [5.74, 6) is 0.835. The molecule has 1 amide bonds. The van der Waals surface area contributed by atoms with Crippen LogP contribution in [0.3, 0.4) is 0 Å². The first-order chi connectivity index (χ1) is 15.1. The number of rotatable bonds is 6. The van der Waals surface area contributed by atoms with E-state index in [1.165, 1.54) is 12.1 Å². The SMILES string of the molecule is CC(Oc1ccccc1F)C(=O)N1CCN(c2ccc(Nc3ccncc3)nn2)CC1. The predicted molar refractivity (Wildman–Crippen MR) is 115 cm³/mol. The Kier molecular flexibility index (Phi) is 6.21. The van der Waals surface area contributed by atoms with Crippen molar-refractivity contribution < 1.29 is 13.9 Å². The quantitative estimate of drug-likeness (QED) is 0.654. The molecule has 4 rings (SSSR count).